The molecule has 0 aromatic carbocycles. The Morgan fingerprint density at radius 3 is 2.67 bits per heavy atom. The van der Waals surface area contributed by atoms with Crippen molar-refractivity contribution in [3.05, 3.63) is 28.7 Å². The van der Waals surface area contributed by atoms with E-state index in [1.54, 1.807) is 0 Å². The van der Waals surface area contributed by atoms with Crippen molar-refractivity contribution in [2.24, 2.45) is 5.92 Å². The smallest absolute Gasteiger partial charge is 0.254 e. The van der Waals surface area contributed by atoms with Crippen molar-refractivity contribution in [2.75, 3.05) is 13.2 Å². The number of pyridine rings is 1. The van der Waals surface area contributed by atoms with Crippen LogP contribution in [0.2, 0.25) is 0 Å². The van der Waals surface area contributed by atoms with Crippen molar-refractivity contribution in [3.63, 3.8) is 0 Å². The van der Waals surface area contributed by atoms with Crippen LogP contribution in [0, 0.1) is 5.92 Å². The highest BCUT2D eigenvalue weighted by molar-refractivity contribution is 5.15. The minimum atomic E-state index is -0.314. The van der Waals surface area contributed by atoms with Gasteiger partial charge in [-0.25, -0.2) is 0 Å². The second-order valence-electron chi connectivity index (χ2n) is 3.44. The van der Waals surface area contributed by atoms with Crippen LogP contribution in [0.5, 0.6) is 5.75 Å². The van der Waals surface area contributed by atoms with Gasteiger partial charge in [0.25, 0.3) is 5.56 Å². The molecule has 1 unspecified atom stereocenters. The van der Waals surface area contributed by atoms with E-state index in [0.29, 0.717) is 13.0 Å². The molecule has 0 amide bonds. The average molecular weight is 213 g/mol. The van der Waals surface area contributed by atoms with E-state index in [-0.39, 0.29) is 30.4 Å². The second-order valence-corrected chi connectivity index (χ2v) is 3.44. The predicted molar refractivity (Wildman–Crippen MR) is 54.6 cm³/mol. The molecule has 5 nitrogen and oxygen atoms in total. The Morgan fingerprint density at radius 1 is 1.40 bits per heavy atom. The number of aliphatic hydroxyl groups excluding tert-OH is 2. The summed E-state index contributed by atoms with van der Waals surface area (Å²) < 4.78 is 1.40. The molecule has 3 N–H and O–H groups in total. The molecule has 1 heterocycles. The van der Waals surface area contributed by atoms with Crippen LogP contribution in [-0.2, 0) is 6.54 Å². The molecule has 1 aromatic rings. The summed E-state index contributed by atoms with van der Waals surface area (Å²) in [6.07, 6.45) is 1.92. The molecule has 15 heavy (non-hydrogen) atoms. The highest BCUT2D eigenvalue weighted by Crippen LogP contribution is 2.06. The summed E-state index contributed by atoms with van der Waals surface area (Å²) in [7, 11) is 0. The third-order valence-electron chi connectivity index (χ3n) is 2.23. The third-order valence-corrected chi connectivity index (χ3v) is 2.23. The fourth-order valence-electron chi connectivity index (χ4n) is 1.35. The number of hydrogen-bond acceptors (Lipinski definition) is 4. The number of hydrogen-bond donors (Lipinski definition) is 3. The molecule has 1 aromatic heterocycles. The first-order chi connectivity index (χ1) is 7.17. The summed E-state index contributed by atoms with van der Waals surface area (Å²) >= 11 is 0. The van der Waals surface area contributed by atoms with E-state index in [4.69, 9.17) is 15.3 Å². The maximum atomic E-state index is 11.4. The van der Waals surface area contributed by atoms with Gasteiger partial charge in [-0.3, -0.25) is 4.79 Å². The number of nitrogens with zero attached hydrogens (tertiary/aromatic N) is 1. The molecule has 5 heteroatoms. The molecule has 1 rings (SSSR count). The summed E-state index contributed by atoms with van der Waals surface area (Å²) in [5.74, 6) is -0.212. The topological polar surface area (TPSA) is 82.7 Å². The van der Waals surface area contributed by atoms with E-state index in [0.717, 1.165) is 6.07 Å². The first-order valence-corrected chi connectivity index (χ1v) is 4.78. The minimum absolute atomic E-state index is 0.0158. The number of aliphatic hydroxyl groups is 2. The van der Waals surface area contributed by atoms with Crippen molar-refractivity contribution < 1.29 is 15.3 Å². The van der Waals surface area contributed by atoms with Crippen molar-refractivity contribution in [1.29, 1.82) is 0 Å². The van der Waals surface area contributed by atoms with E-state index in [9.17, 15) is 4.79 Å². The molecule has 0 aliphatic carbocycles. The van der Waals surface area contributed by atoms with Gasteiger partial charge in [-0.2, -0.15) is 0 Å². The predicted octanol–water partition coefficient (Wildman–Crippen LogP) is -0.455. The standard InChI is InChI=1S/C10H15NO4/c12-4-2-8(7-13)6-11-3-1-9(14)5-10(11)15/h1,3,5,8,12-14H,2,4,6-7H2. The molecule has 84 valence electrons. The molecule has 0 saturated carbocycles. The summed E-state index contributed by atoms with van der Waals surface area (Å²) in [5.41, 5.74) is -0.314. The fraction of sp³-hybridized carbons (Fsp3) is 0.500. The van der Waals surface area contributed by atoms with Crippen LogP contribution >= 0.6 is 0 Å². The van der Waals surface area contributed by atoms with Gasteiger partial charge < -0.3 is 19.9 Å². The van der Waals surface area contributed by atoms with Gasteiger partial charge in [-0.1, -0.05) is 0 Å². The quantitative estimate of drug-likeness (QED) is 0.618. The monoisotopic (exact) mass is 213 g/mol. The lowest BCUT2D eigenvalue weighted by atomic mass is 10.1. The van der Waals surface area contributed by atoms with Crippen LogP contribution in [0.1, 0.15) is 6.42 Å². The lowest BCUT2D eigenvalue weighted by molar-refractivity contribution is 0.169. The number of rotatable bonds is 5. The van der Waals surface area contributed by atoms with Gasteiger partial charge in [0, 0.05) is 37.9 Å². The maximum absolute atomic E-state index is 11.4. The summed E-state index contributed by atoms with van der Waals surface area (Å²) in [5, 5.41) is 26.7. The lowest BCUT2D eigenvalue weighted by Crippen LogP contribution is -2.24. The Morgan fingerprint density at radius 2 is 2.13 bits per heavy atom. The summed E-state index contributed by atoms with van der Waals surface area (Å²) in [6.45, 7) is 0.252. The third kappa shape index (κ3) is 3.38. The second kappa shape index (κ2) is 5.53. The average Bonchev–Trinajstić information content (AvgIpc) is 2.21. The first kappa shape index (κ1) is 11.7. The SMILES string of the molecule is O=c1cc(O)ccn1CC(CO)CCO. The normalized spacial score (nSPS) is 12.7. The van der Waals surface area contributed by atoms with Gasteiger partial charge >= 0.3 is 0 Å². The van der Waals surface area contributed by atoms with E-state index in [2.05, 4.69) is 0 Å². The van der Waals surface area contributed by atoms with Gasteiger partial charge in [0.05, 0.1) is 0 Å². The molecular weight excluding hydrogens is 198 g/mol. The van der Waals surface area contributed by atoms with E-state index in [1.807, 2.05) is 0 Å². The molecule has 0 saturated heterocycles. The zero-order chi connectivity index (χ0) is 11.3. The molecule has 1 atom stereocenters. The Labute approximate surface area is 87.2 Å². The minimum Gasteiger partial charge on any atom is -0.508 e. The van der Waals surface area contributed by atoms with E-state index < -0.39 is 0 Å². The lowest BCUT2D eigenvalue weighted by Gasteiger charge is -2.14. The first-order valence-electron chi connectivity index (χ1n) is 4.78. The van der Waals surface area contributed by atoms with Crippen molar-refractivity contribution in [3.8, 4) is 5.75 Å². The molecule has 0 aliphatic rings. The van der Waals surface area contributed by atoms with Crippen molar-refractivity contribution in [1.82, 2.24) is 4.57 Å². The highest BCUT2D eigenvalue weighted by atomic mass is 16.3. The zero-order valence-electron chi connectivity index (χ0n) is 8.33. The molecule has 0 bridgehead atoms. The highest BCUT2D eigenvalue weighted by Gasteiger charge is 2.08. The van der Waals surface area contributed by atoms with Gasteiger partial charge in [0.1, 0.15) is 5.75 Å². The maximum Gasteiger partial charge on any atom is 0.254 e. The van der Waals surface area contributed by atoms with E-state index >= 15 is 0 Å². The fourth-order valence-corrected chi connectivity index (χ4v) is 1.35. The Hall–Kier alpha value is -1.33. The molecule has 0 fully saturated rings. The van der Waals surface area contributed by atoms with E-state index in [1.165, 1.54) is 16.8 Å². The number of aromatic nitrogens is 1. The van der Waals surface area contributed by atoms with Gasteiger partial charge in [-0.15, -0.1) is 0 Å². The Balaban J connectivity index is 2.75. The molecule has 0 aliphatic heterocycles. The van der Waals surface area contributed by atoms with Crippen LogP contribution in [0.4, 0.5) is 0 Å². The van der Waals surface area contributed by atoms with Crippen molar-refractivity contribution in [2.45, 2.75) is 13.0 Å². The zero-order valence-corrected chi connectivity index (χ0v) is 8.33. The summed E-state index contributed by atoms with van der Waals surface area (Å²) in [4.78, 5) is 11.4. The van der Waals surface area contributed by atoms with Crippen LogP contribution in [0.3, 0.4) is 0 Å². The van der Waals surface area contributed by atoms with Crippen LogP contribution in [0.25, 0.3) is 0 Å². The van der Waals surface area contributed by atoms with Crippen LogP contribution < -0.4 is 5.56 Å². The van der Waals surface area contributed by atoms with Crippen LogP contribution in [0.15, 0.2) is 23.1 Å². The van der Waals surface area contributed by atoms with Gasteiger partial charge in [0.2, 0.25) is 0 Å². The van der Waals surface area contributed by atoms with Gasteiger partial charge in [0.15, 0.2) is 0 Å². The van der Waals surface area contributed by atoms with Crippen LogP contribution in [-0.4, -0.2) is 33.1 Å². The Bertz CT molecular complexity index is 361. The summed E-state index contributed by atoms with van der Waals surface area (Å²) in [6, 6.07) is 2.53. The van der Waals surface area contributed by atoms with Crippen molar-refractivity contribution >= 4 is 0 Å². The van der Waals surface area contributed by atoms with Gasteiger partial charge in [-0.05, 0) is 12.5 Å². The largest absolute Gasteiger partial charge is 0.508 e. The number of aromatic hydroxyl groups is 1. The molecular formula is C10H15NO4. The molecule has 0 radical (unpaired) electrons. The Kier molecular flexibility index (Phi) is 4.33. The molecule has 0 spiro atoms.